The lowest BCUT2D eigenvalue weighted by molar-refractivity contribution is -0.384. The van der Waals surface area contributed by atoms with E-state index in [2.05, 4.69) is 17.1 Å². The molecule has 2 rings (SSSR count). The number of nitrogens with one attached hydrogen (secondary N) is 1. The Morgan fingerprint density at radius 1 is 1.53 bits per heavy atom. The molecule has 1 N–H and O–H groups in total. The van der Waals surface area contributed by atoms with Crippen LogP contribution in [0.1, 0.15) is 18.9 Å². The summed E-state index contributed by atoms with van der Waals surface area (Å²) < 4.78 is 0. The van der Waals surface area contributed by atoms with E-state index < -0.39 is 4.92 Å². The predicted molar refractivity (Wildman–Crippen MR) is 75.5 cm³/mol. The minimum absolute atomic E-state index is 0.0427. The van der Waals surface area contributed by atoms with Gasteiger partial charge in [0.25, 0.3) is 5.69 Å². The summed E-state index contributed by atoms with van der Waals surface area (Å²) in [5.41, 5.74) is 0.994. The second-order valence-electron chi connectivity index (χ2n) is 4.82. The SMILES string of the molecule is CCCN(Cc1ccc([N+](=O)[O-])cc1Cl)C1CNC1. The van der Waals surface area contributed by atoms with E-state index in [0.29, 0.717) is 11.1 Å². The Morgan fingerprint density at radius 2 is 2.26 bits per heavy atom. The molecular formula is C13H18ClN3O2. The van der Waals surface area contributed by atoms with Gasteiger partial charge in [-0.05, 0) is 24.6 Å². The standard InChI is InChI=1S/C13H18ClN3O2/c1-2-5-16(12-7-15-8-12)9-10-3-4-11(17(18)19)6-13(10)14/h3-4,6,12,15H,2,5,7-9H2,1H3. The molecule has 0 unspecified atom stereocenters. The summed E-state index contributed by atoms with van der Waals surface area (Å²) >= 11 is 6.14. The number of nitrogens with zero attached hydrogens (tertiary/aromatic N) is 2. The van der Waals surface area contributed by atoms with Crippen molar-refractivity contribution in [3.63, 3.8) is 0 Å². The van der Waals surface area contributed by atoms with Crippen LogP contribution in [0.4, 0.5) is 5.69 Å². The number of benzene rings is 1. The first-order chi connectivity index (χ1) is 9.11. The molecule has 0 spiro atoms. The fourth-order valence-electron chi connectivity index (χ4n) is 2.21. The predicted octanol–water partition coefficient (Wildman–Crippen LogP) is 2.43. The summed E-state index contributed by atoms with van der Waals surface area (Å²) in [4.78, 5) is 12.6. The summed E-state index contributed by atoms with van der Waals surface area (Å²) in [7, 11) is 0. The lowest BCUT2D eigenvalue weighted by Gasteiger charge is -2.38. The van der Waals surface area contributed by atoms with Gasteiger partial charge in [-0.15, -0.1) is 0 Å². The van der Waals surface area contributed by atoms with Crippen LogP contribution in [-0.2, 0) is 6.54 Å². The Balaban J connectivity index is 2.09. The maximum atomic E-state index is 10.7. The molecule has 0 radical (unpaired) electrons. The molecular weight excluding hydrogens is 266 g/mol. The number of nitro groups is 1. The number of halogens is 1. The molecule has 0 bridgehead atoms. The van der Waals surface area contributed by atoms with E-state index in [4.69, 9.17) is 11.6 Å². The number of rotatable bonds is 6. The normalized spacial score (nSPS) is 15.5. The summed E-state index contributed by atoms with van der Waals surface area (Å²) in [5, 5.41) is 14.4. The summed E-state index contributed by atoms with van der Waals surface area (Å²) in [6.45, 7) is 5.92. The Kier molecular flexibility index (Phi) is 4.74. The van der Waals surface area contributed by atoms with Crippen molar-refractivity contribution in [2.24, 2.45) is 0 Å². The van der Waals surface area contributed by atoms with Crippen LogP contribution in [0.5, 0.6) is 0 Å². The minimum Gasteiger partial charge on any atom is -0.314 e. The van der Waals surface area contributed by atoms with E-state index in [1.54, 1.807) is 6.07 Å². The second kappa shape index (κ2) is 6.32. The molecule has 19 heavy (non-hydrogen) atoms. The van der Waals surface area contributed by atoms with E-state index in [1.165, 1.54) is 12.1 Å². The zero-order valence-corrected chi connectivity index (χ0v) is 11.7. The molecule has 6 heteroatoms. The number of hydrogen-bond acceptors (Lipinski definition) is 4. The van der Waals surface area contributed by atoms with Crippen molar-refractivity contribution in [1.82, 2.24) is 10.2 Å². The van der Waals surface area contributed by atoms with Crippen LogP contribution in [0.2, 0.25) is 5.02 Å². The molecule has 0 amide bonds. The molecule has 0 aromatic heterocycles. The van der Waals surface area contributed by atoms with Crippen molar-refractivity contribution in [1.29, 1.82) is 0 Å². The number of hydrogen-bond donors (Lipinski definition) is 1. The average molecular weight is 284 g/mol. The Morgan fingerprint density at radius 3 is 2.74 bits per heavy atom. The average Bonchev–Trinajstić information content (AvgIpc) is 2.29. The van der Waals surface area contributed by atoms with Gasteiger partial charge in [0, 0.05) is 37.8 Å². The lowest BCUT2D eigenvalue weighted by Crippen LogP contribution is -2.56. The Bertz CT molecular complexity index is 463. The third-order valence-electron chi connectivity index (χ3n) is 3.41. The first-order valence-electron chi connectivity index (χ1n) is 6.49. The molecule has 1 aromatic carbocycles. The van der Waals surface area contributed by atoms with Crippen molar-refractivity contribution in [3.8, 4) is 0 Å². The van der Waals surface area contributed by atoms with Gasteiger partial charge in [0.05, 0.1) is 9.95 Å². The molecule has 0 saturated carbocycles. The van der Waals surface area contributed by atoms with Crippen LogP contribution in [-0.4, -0.2) is 35.5 Å². The first-order valence-corrected chi connectivity index (χ1v) is 6.87. The molecule has 5 nitrogen and oxygen atoms in total. The van der Waals surface area contributed by atoms with Gasteiger partial charge < -0.3 is 5.32 Å². The van der Waals surface area contributed by atoms with Gasteiger partial charge in [0.2, 0.25) is 0 Å². The van der Waals surface area contributed by atoms with E-state index in [9.17, 15) is 10.1 Å². The highest BCUT2D eigenvalue weighted by atomic mass is 35.5. The molecule has 1 aliphatic rings. The summed E-state index contributed by atoms with van der Waals surface area (Å²) in [6.07, 6.45) is 1.08. The number of nitro benzene ring substituents is 1. The smallest absolute Gasteiger partial charge is 0.270 e. The fraction of sp³-hybridized carbons (Fsp3) is 0.538. The van der Waals surface area contributed by atoms with Crippen LogP contribution >= 0.6 is 11.6 Å². The van der Waals surface area contributed by atoms with Crippen LogP contribution in [0.3, 0.4) is 0 Å². The lowest BCUT2D eigenvalue weighted by atomic mass is 10.1. The summed E-state index contributed by atoms with van der Waals surface area (Å²) in [5.74, 6) is 0. The zero-order valence-electron chi connectivity index (χ0n) is 10.9. The number of non-ortho nitro benzene ring substituents is 1. The molecule has 1 heterocycles. The van der Waals surface area contributed by atoms with E-state index in [0.717, 1.165) is 38.2 Å². The van der Waals surface area contributed by atoms with Gasteiger partial charge in [0.15, 0.2) is 0 Å². The van der Waals surface area contributed by atoms with Crippen molar-refractivity contribution in [2.45, 2.75) is 25.9 Å². The van der Waals surface area contributed by atoms with Crippen LogP contribution in [0.25, 0.3) is 0 Å². The van der Waals surface area contributed by atoms with Gasteiger partial charge in [-0.25, -0.2) is 0 Å². The van der Waals surface area contributed by atoms with E-state index in [-0.39, 0.29) is 5.69 Å². The highest BCUT2D eigenvalue weighted by molar-refractivity contribution is 6.31. The van der Waals surface area contributed by atoms with Crippen LogP contribution < -0.4 is 5.32 Å². The largest absolute Gasteiger partial charge is 0.314 e. The Labute approximate surface area is 117 Å². The molecule has 104 valence electrons. The third-order valence-corrected chi connectivity index (χ3v) is 3.76. The van der Waals surface area contributed by atoms with Crippen molar-refractivity contribution >= 4 is 17.3 Å². The first kappa shape index (κ1) is 14.2. The van der Waals surface area contributed by atoms with Crippen LogP contribution in [0, 0.1) is 10.1 Å². The molecule has 0 aliphatic carbocycles. The molecule has 1 aliphatic heterocycles. The maximum absolute atomic E-state index is 10.7. The van der Waals surface area contributed by atoms with Gasteiger partial charge in [-0.2, -0.15) is 0 Å². The molecule has 1 fully saturated rings. The van der Waals surface area contributed by atoms with Gasteiger partial charge in [-0.1, -0.05) is 18.5 Å². The van der Waals surface area contributed by atoms with E-state index >= 15 is 0 Å². The van der Waals surface area contributed by atoms with E-state index in [1.807, 2.05) is 0 Å². The maximum Gasteiger partial charge on any atom is 0.270 e. The van der Waals surface area contributed by atoms with Crippen LogP contribution in [0.15, 0.2) is 18.2 Å². The molecule has 1 aromatic rings. The third kappa shape index (κ3) is 3.43. The topological polar surface area (TPSA) is 58.4 Å². The quantitative estimate of drug-likeness (QED) is 0.643. The molecule has 1 saturated heterocycles. The Hall–Kier alpha value is -1.17. The van der Waals surface area contributed by atoms with Gasteiger partial charge in [-0.3, -0.25) is 15.0 Å². The van der Waals surface area contributed by atoms with Crippen molar-refractivity contribution in [2.75, 3.05) is 19.6 Å². The zero-order chi connectivity index (χ0) is 13.8. The molecule has 0 atom stereocenters. The van der Waals surface area contributed by atoms with Crippen molar-refractivity contribution in [3.05, 3.63) is 38.9 Å². The van der Waals surface area contributed by atoms with Gasteiger partial charge in [0.1, 0.15) is 0 Å². The minimum atomic E-state index is -0.421. The van der Waals surface area contributed by atoms with Crippen molar-refractivity contribution < 1.29 is 4.92 Å². The fourth-order valence-corrected chi connectivity index (χ4v) is 2.44. The monoisotopic (exact) mass is 283 g/mol. The second-order valence-corrected chi connectivity index (χ2v) is 5.22. The highest BCUT2D eigenvalue weighted by Gasteiger charge is 2.24. The summed E-state index contributed by atoms with van der Waals surface area (Å²) in [6, 6.07) is 5.26. The van der Waals surface area contributed by atoms with Gasteiger partial charge >= 0.3 is 0 Å². The highest BCUT2D eigenvalue weighted by Crippen LogP contribution is 2.24.